The number of hydrogen-bond donors (Lipinski definition) is 0. The summed E-state index contributed by atoms with van der Waals surface area (Å²) in [4.78, 5) is 17.8. The van der Waals surface area contributed by atoms with Crippen LogP contribution in [0.2, 0.25) is 0 Å². The maximum atomic E-state index is 5.20. The van der Waals surface area contributed by atoms with E-state index in [-0.39, 0.29) is 0 Å². The van der Waals surface area contributed by atoms with Crippen LogP contribution in [-0.4, -0.2) is 19.5 Å². The molecule has 0 N–H and O–H groups in total. The van der Waals surface area contributed by atoms with Crippen LogP contribution in [0.15, 0.2) is 186 Å². The van der Waals surface area contributed by atoms with Crippen molar-refractivity contribution in [3.63, 3.8) is 0 Å². The highest BCUT2D eigenvalue weighted by atomic mass is 32.2. The molecule has 0 aliphatic carbocycles. The van der Waals surface area contributed by atoms with Crippen LogP contribution in [0, 0.1) is 0 Å². The minimum atomic E-state index is -0.627. The van der Waals surface area contributed by atoms with E-state index in [1.165, 1.54) is 54.7 Å². The molecule has 2 aliphatic rings. The van der Waals surface area contributed by atoms with Gasteiger partial charge in [-0.1, -0.05) is 170 Å². The van der Waals surface area contributed by atoms with E-state index in [0.717, 1.165) is 21.6 Å². The molecule has 0 fully saturated rings. The number of benzene rings is 6. The lowest BCUT2D eigenvalue weighted by Crippen LogP contribution is -2.38. The zero-order valence-electron chi connectivity index (χ0n) is 28.5. The SMILES string of the molecule is C=C/C=C\C1=C(C)Sc2c(-c3nc(-c4ccccc4)nc(-c4ccccc4)n3)cccc2C12c1ccccc1-n1c3ccccc3c3cccc2c31. The molecule has 1 atom stereocenters. The number of fused-ring (bicyclic) bond motifs is 9. The average Bonchev–Trinajstić information content (AvgIpc) is 3.55. The number of nitrogens with zero attached hydrogens (tertiary/aromatic N) is 4. The van der Waals surface area contributed by atoms with Crippen molar-refractivity contribution in [2.45, 2.75) is 17.2 Å². The first-order valence-electron chi connectivity index (χ1n) is 17.5. The molecule has 1 unspecified atom stereocenters. The molecule has 4 heterocycles. The van der Waals surface area contributed by atoms with Crippen molar-refractivity contribution in [2.75, 3.05) is 0 Å². The van der Waals surface area contributed by atoms with Crippen LogP contribution in [0.25, 0.3) is 61.7 Å². The first kappa shape index (κ1) is 30.5. The molecule has 0 radical (unpaired) electrons. The summed E-state index contributed by atoms with van der Waals surface area (Å²) in [6.07, 6.45) is 6.22. The van der Waals surface area contributed by atoms with E-state index in [1.807, 2.05) is 42.5 Å². The van der Waals surface area contributed by atoms with Crippen LogP contribution in [0.1, 0.15) is 23.6 Å². The zero-order chi connectivity index (χ0) is 34.8. The van der Waals surface area contributed by atoms with Crippen LogP contribution in [0.5, 0.6) is 0 Å². The lowest BCUT2D eigenvalue weighted by atomic mass is 9.62. The minimum Gasteiger partial charge on any atom is -0.309 e. The fourth-order valence-corrected chi connectivity index (χ4v) is 9.59. The van der Waals surface area contributed by atoms with E-state index in [9.17, 15) is 0 Å². The van der Waals surface area contributed by atoms with Crippen LogP contribution in [-0.2, 0) is 5.41 Å². The standard InChI is InChI=1S/C47H32N4S/c1-3-4-24-36-30(2)52-43-35(46-49-44(31-17-7-5-8-18-31)48-45(50-46)32-19-9-6-10-20-32)23-16-27-39(43)47(36)37-25-12-14-29-41(37)51-40-28-13-11-21-33(40)34-22-15-26-38(47)42(34)51/h3-29H,1H2,2H3/b24-4-. The smallest absolute Gasteiger partial charge is 0.165 e. The van der Waals surface area contributed by atoms with Gasteiger partial charge in [0.2, 0.25) is 0 Å². The molecule has 6 aromatic carbocycles. The monoisotopic (exact) mass is 684 g/mol. The Labute approximate surface area is 306 Å². The van der Waals surface area contributed by atoms with Gasteiger partial charge in [0.25, 0.3) is 0 Å². The van der Waals surface area contributed by atoms with Gasteiger partial charge < -0.3 is 4.57 Å². The van der Waals surface area contributed by atoms with E-state index in [1.54, 1.807) is 11.8 Å². The predicted octanol–water partition coefficient (Wildman–Crippen LogP) is 11.7. The molecule has 52 heavy (non-hydrogen) atoms. The topological polar surface area (TPSA) is 43.6 Å². The van der Waals surface area contributed by atoms with E-state index in [2.05, 4.69) is 139 Å². The Kier molecular flexibility index (Phi) is 6.98. The number of thioether (sulfide) groups is 1. The summed E-state index contributed by atoms with van der Waals surface area (Å²) in [6, 6.07) is 51.5. The molecule has 1 spiro atoms. The first-order chi connectivity index (χ1) is 25.7. The van der Waals surface area contributed by atoms with E-state index in [4.69, 9.17) is 15.0 Å². The number of aromatic nitrogens is 4. The molecule has 0 saturated heterocycles. The highest BCUT2D eigenvalue weighted by molar-refractivity contribution is 8.03. The van der Waals surface area contributed by atoms with Crippen LogP contribution in [0.3, 0.4) is 0 Å². The molecule has 0 bridgehead atoms. The fourth-order valence-electron chi connectivity index (χ4n) is 8.35. The maximum Gasteiger partial charge on any atom is 0.165 e. The molecule has 246 valence electrons. The van der Waals surface area contributed by atoms with Crippen LogP contribution < -0.4 is 0 Å². The van der Waals surface area contributed by atoms with E-state index in [0.29, 0.717) is 17.5 Å². The van der Waals surface area contributed by atoms with E-state index >= 15 is 0 Å². The first-order valence-corrected chi connectivity index (χ1v) is 18.3. The summed E-state index contributed by atoms with van der Waals surface area (Å²) in [5.74, 6) is 1.95. The third-order valence-electron chi connectivity index (χ3n) is 10.4. The van der Waals surface area contributed by atoms with Gasteiger partial charge in [0.15, 0.2) is 17.5 Å². The Morgan fingerprint density at radius 1 is 0.596 bits per heavy atom. The Morgan fingerprint density at radius 3 is 1.94 bits per heavy atom. The molecule has 2 aromatic heterocycles. The van der Waals surface area contributed by atoms with Gasteiger partial charge in [0.05, 0.1) is 22.1 Å². The molecule has 0 amide bonds. The Morgan fingerprint density at radius 2 is 1.19 bits per heavy atom. The highest BCUT2D eigenvalue weighted by Gasteiger charge is 2.50. The molecular formula is C47H32N4S. The normalized spacial score (nSPS) is 16.1. The number of rotatable bonds is 5. The second-order valence-electron chi connectivity index (χ2n) is 13.2. The van der Waals surface area contributed by atoms with Gasteiger partial charge >= 0.3 is 0 Å². The molecule has 5 heteroatoms. The van der Waals surface area contributed by atoms with Gasteiger partial charge in [-0.25, -0.2) is 15.0 Å². The summed E-state index contributed by atoms with van der Waals surface area (Å²) in [5.41, 5.74) is 10.8. The number of para-hydroxylation sites is 3. The van der Waals surface area contributed by atoms with Gasteiger partial charge in [-0.05, 0) is 46.2 Å². The van der Waals surface area contributed by atoms with Crippen LogP contribution >= 0.6 is 11.8 Å². The van der Waals surface area contributed by atoms with Gasteiger partial charge in [0.1, 0.15) is 0 Å². The summed E-state index contributed by atoms with van der Waals surface area (Å²) in [5, 5.41) is 2.50. The average molecular weight is 685 g/mol. The largest absolute Gasteiger partial charge is 0.309 e. The van der Waals surface area contributed by atoms with E-state index < -0.39 is 5.41 Å². The second-order valence-corrected chi connectivity index (χ2v) is 14.4. The summed E-state index contributed by atoms with van der Waals surface area (Å²) >= 11 is 1.80. The number of hydrogen-bond acceptors (Lipinski definition) is 4. The molecule has 4 nitrogen and oxygen atoms in total. The van der Waals surface area contributed by atoms with Crippen molar-refractivity contribution in [2.24, 2.45) is 0 Å². The summed E-state index contributed by atoms with van der Waals surface area (Å²) < 4.78 is 2.47. The summed E-state index contributed by atoms with van der Waals surface area (Å²) in [6.45, 7) is 6.32. The van der Waals surface area contributed by atoms with Crippen molar-refractivity contribution in [1.29, 1.82) is 0 Å². The summed E-state index contributed by atoms with van der Waals surface area (Å²) in [7, 11) is 0. The quantitative estimate of drug-likeness (QED) is 0.169. The fraction of sp³-hybridized carbons (Fsp3) is 0.0426. The molecule has 2 aliphatic heterocycles. The second kappa shape index (κ2) is 11.9. The molecule has 8 aromatic rings. The maximum absolute atomic E-state index is 5.20. The Bertz CT molecular complexity index is 2740. The van der Waals surface area contributed by atoms with Crippen molar-refractivity contribution in [3.8, 4) is 39.9 Å². The Balaban J connectivity index is 1.32. The van der Waals surface area contributed by atoms with Crippen molar-refractivity contribution in [3.05, 3.63) is 198 Å². The van der Waals surface area contributed by atoms with Gasteiger partial charge in [0, 0.05) is 32.4 Å². The Hall–Kier alpha value is -6.30. The van der Waals surface area contributed by atoms with Gasteiger partial charge in [-0.15, -0.1) is 0 Å². The van der Waals surface area contributed by atoms with Crippen molar-refractivity contribution < 1.29 is 0 Å². The lowest BCUT2D eigenvalue weighted by molar-refractivity contribution is 0.703. The number of allylic oxidation sites excluding steroid dienone is 5. The van der Waals surface area contributed by atoms with Crippen LogP contribution in [0.4, 0.5) is 0 Å². The molecular weight excluding hydrogens is 653 g/mol. The predicted molar refractivity (Wildman–Crippen MR) is 215 cm³/mol. The molecule has 10 rings (SSSR count). The highest BCUT2D eigenvalue weighted by Crippen LogP contribution is 2.61. The zero-order valence-corrected chi connectivity index (χ0v) is 29.3. The molecule has 0 saturated carbocycles. The minimum absolute atomic E-state index is 0.627. The third kappa shape index (κ3) is 4.33. The van der Waals surface area contributed by atoms with Crippen molar-refractivity contribution >= 4 is 33.6 Å². The third-order valence-corrected chi connectivity index (χ3v) is 11.6. The van der Waals surface area contributed by atoms with Gasteiger partial charge in [-0.3, -0.25) is 0 Å². The van der Waals surface area contributed by atoms with Gasteiger partial charge in [-0.2, -0.15) is 0 Å². The van der Waals surface area contributed by atoms with Crippen molar-refractivity contribution in [1.82, 2.24) is 19.5 Å². The lowest BCUT2D eigenvalue weighted by Gasteiger charge is -2.46.